The molecule has 0 atom stereocenters. The molecule has 2 aromatic rings. The smallest absolute Gasteiger partial charge is 0.259 e. The van der Waals surface area contributed by atoms with Gasteiger partial charge in [-0.15, -0.1) is 0 Å². The molecule has 0 aliphatic carbocycles. The van der Waals surface area contributed by atoms with E-state index in [9.17, 15) is 9.90 Å². The topological polar surface area (TPSA) is 58.6 Å². The number of hydrogen-bond acceptors (Lipinski definition) is 3. The molecule has 0 spiro atoms. The monoisotopic (exact) mass is 321 g/mol. The Labute approximate surface area is 119 Å². The van der Waals surface area contributed by atoms with Gasteiger partial charge in [-0.25, -0.2) is 0 Å². The van der Waals surface area contributed by atoms with Gasteiger partial charge in [0, 0.05) is 10.2 Å². The molecule has 0 unspecified atom stereocenters. The van der Waals surface area contributed by atoms with Crippen molar-refractivity contribution >= 4 is 27.5 Å². The molecule has 0 saturated carbocycles. The number of ether oxygens (including phenoxy) is 1. The zero-order valence-corrected chi connectivity index (χ0v) is 11.8. The number of hydrogen-bond donors (Lipinski definition) is 2. The lowest BCUT2D eigenvalue weighted by Gasteiger charge is -2.08. The summed E-state index contributed by atoms with van der Waals surface area (Å²) in [7, 11) is 1.58. The Bertz CT molecular complexity index is 596. The molecule has 1 amide bonds. The van der Waals surface area contributed by atoms with E-state index in [0.717, 1.165) is 0 Å². The molecular weight excluding hydrogens is 310 g/mol. The molecule has 0 aliphatic rings. The summed E-state index contributed by atoms with van der Waals surface area (Å²) in [6.45, 7) is 0. The van der Waals surface area contributed by atoms with E-state index in [1.807, 2.05) is 0 Å². The maximum Gasteiger partial charge on any atom is 0.259 e. The van der Waals surface area contributed by atoms with Crippen LogP contribution in [0.2, 0.25) is 0 Å². The first kappa shape index (κ1) is 13.4. The molecular formula is C14H12BrNO3. The van der Waals surface area contributed by atoms with E-state index in [1.54, 1.807) is 43.5 Å². The molecule has 0 bridgehead atoms. The summed E-state index contributed by atoms with van der Waals surface area (Å²) in [6.07, 6.45) is 0. The molecule has 5 heteroatoms. The molecule has 2 aromatic carbocycles. The highest BCUT2D eigenvalue weighted by molar-refractivity contribution is 9.10. The van der Waals surface area contributed by atoms with Crippen LogP contribution in [0.15, 0.2) is 46.9 Å². The Morgan fingerprint density at radius 2 is 1.89 bits per heavy atom. The quantitative estimate of drug-likeness (QED) is 0.910. The van der Waals surface area contributed by atoms with Gasteiger partial charge in [-0.05, 0) is 42.5 Å². The number of rotatable bonds is 3. The third-order valence-electron chi connectivity index (χ3n) is 2.55. The van der Waals surface area contributed by atoms with Crippen molar-refractivity contribution in [3.63, 3.8) is 0 Å². The second-order valence-corrected chi connectivity index (χ2v) is 4.76. The average Bonchev–Trinajstić information content (AvgIpc) is 2.39. The third kappa shape index (κ3) is 3.26. The summed E-state index contributed by atoms with van der Waals surface area (Å²) < 4.78 is 5.75. The molecule has 0 saturated heterocycles. The number of anilines is 1. The Morgan fingerprint density at radius 1 is 1.21 bits per heavy atom. The number of benzene rings is 2. The standard InChI is InChI=1S/C14H12BrNO3/c1-19-11-5-3-10(4-6-11)16-14(18)12-7-2-9(15)8-13(12)17/h2-8,17H,1H3,(H,16,18). The van der Waals surface area contributed by atoms with Crippen LogP contribution in [-0.2, 0) is 0 Å². The predicted molar refractivity (Wildman–Crippen MR) is 76.8 cm³/mol. The molecule has 4 nitrogen and oxygen atoms in total. The van der Waals surface area contributed by atoms with Crippen molar-refractivity contribution in [1.82, 2.24) is 0 Å². The number of nitrogens with one attached hydrogen (secondary N) is 1. The van der Waals surface area contributed by atoms with E-state index in [2.05, 4.69) is 21.2 Å². The number of carbonyl (C=O) groups is 1. The van der Waals surface area contributed by atoms with Gasteiger partial charge in [-0.2, -0.15) is 0 Å². The molecule has 0 radical (unpaired) electrons. The Balaban J connectivity index is 2.15. The van der Waals surface area contributed by atoms with Crippen molar-refractivity contribution < 1.29 is 14.6 Å². The fourth-order valence-corrected chi connectivity index (χ4v) is 1.92. The number of amides is 1. The first-order valence-electron chi connectivity index (χ1n) is 5.54. The fraction of sp³-hybridized carbons (Fsp3) is 0.0714. The van der Waals surface area contributed by atoms with Gasteiger partial charge in [0.1, 0.15) is 11.5 Å². The predicted octanol–water partition coefficient (Wildman–Crippen LogP) is 3.42. The van der Waals surface area contributed by atoms with Gasteiger partial charge < -0.3 is 15.2 Å². The number of methoxy groups -OCH3 is 1. The SMILES string of the molecule is COc1ccc(NC(=O)c2ccc(Br)cc2O)cc1. The molecule has 0 fully saturated rings. The summed E-state index contributed by atoms with van der Waals surface area (Å²) in [4.78, 5) is 12.0. The summed E-state index contributed by atoms with van der Waals surface area (Å²) in [5, 5.41) is 12.4. The van der Waals surface area contributed by atoms with Gasteiger partial charge in [0.2, 0.25) is 0 Å². The van der Waals surface area contributed by atoms with Crippen LogP contribution in [-0.4, -0.2) is 18.1 Å². The highest BCUT2D eigenvalue weighted by Crippen LogP contribution is 2.23. The normalized spacial score (nSPS) is 10.0. The molecule has 0 aliphatic heterocycles. The van der Waals surface area contributed by atoms with Crippen LogP contribution in [0.4, 0.5) is 5.69 Å². The number of carbonyl (C=O) groups excluding carboxylic acids is 1. The Hall–Kier alpha value is -2.01. The molecule has 0 heterocycles. The minimum Gasteiger partial charge on any atom is -0.507 e. The number of phenols is 1. The van der Waals surface area contributed by atoms with Crippen LogP contribution >= 0.6 is 15.9 Å². The van der Waals surface area contributed by atoms with Gasteiger partial charge in [0.25, 0.3) is 5.91 Å². The molecule has 0 aromatic heterocycles. The van der Waals surface area contributed by atoms with Crippen LogP contribution in [0, 0.1) is 0 Å². The lowest BCUT2D eigenvalue weighted by molar-refractivity contribution is 0.102. The van der Waals surface area contributed by atoms with Gasteiger partial charge in [0.15, 0.2) is 0 Å². The highest BCUT2D eigenvalue weighted by Gasteiger charge is 2.11. The maximum absolute atomic E-state index is 12.0. The Kier molecular flexibility index (Phi) is 4.06. The van der Waals surface area contributed by atoms with Crippen LogP contribution in [0.1, 0.15) is 10.4 Å². The van der Waals surface area contributed by atoms with Gasteiger partial charge in [0.05, 0.1) is 12.7 Å². The number of phenolic OH excluding ortho intramolecular Hbond substituents is 1. The van der Waals surface area contributed by atoms with E-state index < -0.39 is 0 Å². The molecule has 19 heavy (non-hydrogen) atoms. The number of halogens is 1. The minimum absolute atomic E-state index is 0.0691. The average molecular weight is 322 g/mol. The van der Waals surface area contributed by atoms with E-state index >= 15 is 0 Å². The maximum atomic E-state index is 12.0. The van der Waals surface area contributed by atoms with Crippen molar-refractivity contribution in [3.8, 4) is 11.5 Å². The lowest BCUT2D eigenvalue weighted by atomic mass is 10.2. The third-order valence-corrected chi connectivity index (χ3v) is 3.05. The summed E-state index contributed by atoms with van der Waals surface area (Å²) in [6, 6.07) is 11.7. The second kappa shape index (κ2) is 5.75. The van der Waals surface area contributed by atoms with E-state index in [4.69, 9.17) is 4.74 Å². The first-order valence-corrected chi connectivity index (χ1v) is 6.33. The second-order valence-electron chi connectivity index (χ2n) is 3.84. The van der Waals surface area contributed by atoms with Crippen molar-refractivity contribution in [1.29, 1.82) is 0 Å². The first-order chi connectivity index (χ1) is 9.10. The van der Waals surface area contributed by atoms with Crippen LogP contribution < -0.4 is 10.1 Å². The minimum atomic E-state index is -0.366. The summed E-state index contributed by atoms with van der Waals surface area (Å²) in [5.41, 5.74) is 0.854. The van der Waals surface area contributed by atoms with Crippen LogP contribution in [0.5, 0.6) is 11.5 Å². The molecule has 98 valence electrons. The zero-order valence-electron chi connectivity index (χ0n) is 10.2. The van der Waals surface area contributed by atoms with Gasteiger partial charge in [-0.3, -0.25) is 4.79 Å². The fourth-order valence-electron chi connectivity index (χ4n) is 1.57. The largest absolute Gasteiger partial charge is 0.507 e. The molecule has 2 N–H and O–H groups in total. The summed E-state index contributed by atoms with van der Waals surface area (Å²) in [5.74, 6) is 0.278. The van der Waals surface area contributed by atoms with Crippen LogP contribution in [0.25, 0.3) is 0 Å². The van der Waals surface area contributed by atoms with Gasteiger partial charge >= 0.3 is 0 Å². The van der Waals surface area contributed by atoms with Crippen LogP contribution in [0.3, 0.4) is 0 Å². The van der Waals surface area contributed by atoms with Crippen molar-refractivity contribution in [2.75, 3.05) is 12.4 Å². The van der Waals surface area contributed by atoms with Gasteiger partial charge in [-0.1, -0.05) is 15.9 Å². The molecule has 2 rings (SSSR count). The summed E-state index contributed by atoms with van der Waals surface area (Å²) >= 11 is 3.22. The van der Waals surface area contributed by atoms with Crippen molar-refractivity contribution in [3.05, 3.63) is 52.5 Å². The zero-order chi connectivity index (χ0) is 13.8. The van der Waals surface area contributed by atoms with E-state index in [1.165, 1.54) is 6.07 Å². The number of aromatic hydroxyl groups is 1. The highest BCUT2D eigenvalue weighted by atomic mass is 79.9. The van der Waals surface area contributed by atoms with Crippen molar-refractivity contribution in [2.24, 2.45) is 0 Å². The Morgan fingerprint density at radius 3 is 2.47 bits per heavy atom. The van der Waals surface area contributed by atoms with E-state index in [-0.39, 0.29) is 17.2 Å². The van der Waals surface area contributed by atoms with Crippen molar-refractivity contribution in [2.45, 2.75) is 0 Å². The lowest BCUT2D eigenvalue weighted by Crippen LogP contribution is -2.11. The van der Waals surface area contributed by atoms with E-state index in [0.29, 0.717) is 15.9 Å².